The molecule has 1 fully saturated rings. The van der Waals surface area contributed by atoms with Gasteiger partial charge in [0.25, 0.3) is 15.9 Å². The molecule has 0 radical (unpaired) electrons. The Kier molecular flexibility index (Phi) is 5.49. The summed E-state index contributed by atoms with van der Waals surface area (Å²) in [6.07, 6.45) is 0.405. The lowest BCUT2D eigenvalue weighted by Crippen LogP contribution is -2.35. The third-order valence-electron chi connectivity index (χ3n) is 4.76. The van der Waals surface area contributed by atoms with Crippen LogP contribution in [0, 0.1) is 13.8 Å². The summed E-state index contributed by atoms with van der Waals surface area (Å²) in [4.78, 5) is 12.4. The molecule has 3 rings (SSSR count). The van der Waals surface area contributed by atoms with Crippen LogP contribution in [0.1, 0.15) is 27.9 Å². The zero-order chi connectivity index (χ0) is 20.5. The van der Waals surface area contributed by atoms with E-state index in [9.17, 15) is 21.6 Å². The van der Waals surface area contributed by atoms with Crippen molar-refractivity contribution in [3.8, 4) is 0 Å². The van der Waals surface area contributed by atoms with Crippen molar-refractivity contribution in [2.45, 2.75) is 31.2 Å². The summed E-state index contributed by atoms with van der Waals surface area (Å²) in [7, 11) is -6.81. The third-order valence-corrected chi connectivity index (χ3v) is 7.90. The molecule has 150 valence electrons. The number of hydrogen-bond donors (Lipinski definition) is 2. The van der Waals surface area contributed by atoms with Gasteiger partial charge in [-0.05, 0) is 67.8 Å². The quantitative estimate of drug-likeness (QED) is 0.766. The fraction of sp³-hybridized carbons (Fsp3) is 0.316. The van der Waals surface area contributed by atoms with Gasteiger partial charge in [-0.1, -0.05) is 6.07 Å². The van der Waals surface area contributed by atoms with Crippen LogP contribution in [0.25, 0.3) is 0 Å². The maximum atomic E-state index is 12.5. The van der Waals surface area contributed by atoms with Gasteiger partial charge >= 0.3 is 0 Å². The number of nitrogens with one attached hydrogen (secondary N) is 2. The Balaban J connectivity index is 1.68. The van der Waals surface area contributed by atoms with Crippen LogP contribution in [0.2, 0.25) is 0 Å². The number of benzene rings is 2. The van der Waals surface area contributed by atoms with E-state index in [2.05, 4.69) is 10.0 Å². The topological polar surface area (TPSA) is 109 Å². The second kappa shape index (κ2) is 7.56. The Bertz CT molecular complexity index is 1110. The first-order chi connectivity index (χ1) is 13.1. The van der Waals surface area contributed by atoms with Crippen LogP contribution in [-0.4, -0.2) is 40.3 Å². The van der Waals surface area contributed by atoms with Crippen molar-refractivity contribution >= 4 is 31.5 Å². The fourth-order valence-electron chi connectivity index (χ4n) is 2.96. The van der Waals surface area contributed by atoms with E-state index in [4.69, 9.17) is 0 Å². The van der Waals surface area contributed by atoms with Crippen LogP contribution in [0.5, 0.6) is 0 Å². The van der Waals surface area contributed by atoms with Gasteiger partial charge in [0, 0.05) is 17.3 Å². The number of rotatable bonds is 5. The first-order valence-electron chi connectivity index (χ1n) is 8.77. The van der Waals surface area contributed by atoms with Crippen LogP contribution in [0.4, 0.5) is 5.69 Å². The minimum atomic E-state index is -3.73. The second-order valence-corrected chi connectivity index (χ2v) is 10.9. The summed E-state index contributed by atoms with van der Waals surface area (Å²) < 4.78 is 50.5. The highest BCUT2D eigenvalue weighted by Crippen LogP contribution is 2.19. The summed E-state index contributed by atoms with van der Waals surface area (Å²) >= 11 is 0. The van der Waals surface area contributed by atoms with Gasteiger partial charge < -0.3 is 5.32 Å². The van der Waals surface area contributed by atoms with E-state index < -0.39 is 19.9 Å². The SMILES string of the molecule is Cc1ccc(S(=O)(=O)Nc2ccc(C(=O)N[C@H]3CCS(=O)(=O)C3)cc2)cc1C. The largest absolute Gasteiger partial charge is 0.348 e. The predicted octanol–water partition coefficient (Wildman–Crippen LogP) is 2.02. The van der Waals surface area contributed by atoms with E-state index in [1.165, 1.54) is 24.3 Å². The number of amides is 1. The van der Waals surface area contributed by atoms with Gasteiger partial charge in [-0.3, -0.25) is 9.52 Å². The van der Waals surface area contributed by atoms with Crippen molar-refractivity contribution < 1.29 is 21.6 Å². The number of carbonyl (C=O) groups excluding carboxylic acids is 1. The first-order valence-corrected chi connectivity index (χ1v) is 12.1. The summed E-state index contributed by atoms with van der Waals surface area (Å²) in [6.45, 7) is 3.75. The van der Waals surface area contributed by atoms with Crippen LogP contribution >= 0.6 is 0 Å². The molecule has 2 aromatic rings. The van der Waals surface area contributed by atoms with E-state index in [0.717, 1.165) is 11.1 Å². The van der Waals surface area contributed by atoms with E-state index in [-0.39, 0.29) is 28.4 Å². The summed E-state index contributed by atoms with van der Waals surface area (Å²) in [6, 6.07) is 10.5. The molecule has 1 heterocycles. The molecule has 1 aliphatic heterocycles. The molecule has 1 aliphatic rings. The molecule has 2 N–H and O–H groups in total. The second-order valence-electron chi connectivity index (χ2n) is 7.00. The lowest BCUT2D eigenvalue weighted by Gasteiger charge is -2.12. The highest BCUT2D eigenvalue weighted by Gasteiger charge is 2.29. The Morgan fingerprint density at radius 2 is 1.71 bits per heavy atom. The standard InChI is InChI=1S/C19H22N2O5S2/c1-13-3-8-18(11-14(13)2)28(25,26)21-16-6-4-15(5-7-16)19(22)20-17-9-10-27(23,24)12-17/h3-8,11,17,21H,9-10,12H2,1-2H3,(H,20,22)/t17-/m0/s1. The monoisotopic (exact) mass is 422 g/mol. The van der Waals surface area contributed by atoms with Crippen LogP contribution in [0.3, 0.4) is 0 Å². The molecule has 28 heavy (non-hydrogen) atoms. The highest BCUT2D eigenvalue weighted by atomic mass is 32.2. The van der Waals surface area contributed by atoms with Crippen molar-refractivity contribution in [2.24, 2.45) is 0 Å². The van der Waals surface area contributed by atoms with Crippen molar-refractivity contribution in [3.05, 3.63) is 59.2 Å². The molecule has 0 aliphatic carbocycles. The van der Waals surface area contributed by atoms with Crippen molar-refractivity contribution in [1.29, 1.82) is 0 Å². The summed E-state index contributed by atoms with van der Waals surface area (Å²) in [5.41, 5.74) is 2.55. The molecule has 0 aromatic heterocycles. The fourth-order valence-corrected chi connectivity index (χ4v) is 5.78. The Morgan fingerprint density at radius 3 is 2.29 bits per heavy atom. The van der Waals surface area contributed by atoms with Gasteiger partial charge in [-0.25, -0.2) is 16.8 Å². The number of sulfone groups is 1. The Hall–Kier alpha value is -2.39. The van der Waals surface area contributed by atoms with Gasteiger partial charge in [0.15, 0.2) is 9.84 Å². The number of hydrogen-bond acceptors (Lipinski definition) is 5. The molecule has 2 aromatic carbocycles. The lowest BCUT2D eigenvalue weighted by molar-refractivity contribution is 0.0941. The summed E-state index contributed by atoms with van der Waals surface area (Å²) in [5, 5.41) is 2.70. The van der Waals surface area contributed by atoms with Gasteiger partial charge in [-0.15, -0.1) is 0 Å². The molecule has 1 saturated heterocycles. The van der Waals surface area contributed by atoms with Crippen LogP contribution < -0.4 is 10.0 Å². The van der Waals surface area contributed by atoms with Gasteiger partial charge in [0.2, 0.25) is 0 Å². The number of carbonyl (C=O) groups is 1. The number of aryl methyl sites for hydroxylation is 2. The molecule has 0 bridgehead atoms. The normalized spacial score (nSPS) is 18.6. The zero-order valence-corrected chi connectivity index (χ0v) is 17.2. The van der Waals surface area contributed by atoms with Gasteiger partial charge in [0.05, 0.1) is 16.4 Å². The molecule has 0 spiro atoms. The first kappa shape index (κ1) is 20.3. The number of sulfonamides is 1. The average Bonchev–Trinajstić information content (AvgIpc) is 2.96. The average molecular weight is 423 g/mol. The Morgan fingerprint density at radius 1 is 1.04 bits per heavy atom. The van der Waals surface area contributed by atoms with Crippen LogP contribution in [-0.2, 0) is 19.9 Å². The number of anilines is 1. The highest BCUT2D eigenvalue weighted by molar-refractivity contribution is 7.92. The van der Waals surface area contributed by atoms with Crippen LogP contribution in [0.15, 0.2) is 47.4 Å². The third kappa shape index (κ3) is 4.71. The van der Waals surface area contributed by atoms with E-state index in [1.807, 2.05) is 13.8 Å². The minimum Gasteiger partial charge on any atom is -0.348 e. The molecular formula is C19H22N2O5S2. The summed E-state index contributed by atoms with van der Waals surface area (Å²) in [5.74, 6) is -0.352. The maximum absolute atomic E-state index is 12.5. The van der Waals surface area contributed by atoms with Crippen molar-refractivity contribution in [1.82, 2.24) is 5.32 Å². The van der Waals surface area contributed by atoms with Crippen molar-refractivity contribution in [2.75, 3.05) is 16.2 Å². The maximum Gasteiger partial charge on any atom is 0.261 e. The van der Waals surface area contributed by atoms with E-state index >= 15 is 0 Å². The van der Waals surface area contributed by atoms with Gasteiger partial charge in [-0.2, -0.15) is 0 Å². The minimum absolute atomic E-state index is 0.0490. The molecular weight excluding hydrogens is 400 g/mol. The molecule has 7 nitrogen and oxygen atoms in total. The molecule has 0 unspecified atom stereocenters. The van der Waals surface area contributed by atoms with E-state index in [1.54, 1.807) is 18.2 Å². The zero-order valence-electron chi connectivity index (χ0n) is 15.6. The molecule has 1 atom stereocenters. The molecule has 9 heteroatoms. The van der Waals surface area contributed by atoms with Crippen molar-refractivity contribution in [3.63, 3.8) is 0 Å². The van der Waals surface area contributed by atoms with Gasteiger partial charge in [0.1, 0.15) is 0 Å². The molecule has 0 saturated carbocycles. The Labute approximate surface area is 165 Å². The smallest absolute Gasteiger partial charge is 0.261 e. The lowest BCUT2D eigenvalue weighted by atomic mass is 10.1. The van der Waals surface area contributed by atoms with E-state index in [0.29, 0.717) is 17.7 Å². The predicted molar refractivity (Wildman–Crippen MR) is 108 cm³/mol. The molecule has 1 amide bonds.